The lowest BCUT2D eigenvalue weighted by Gasteiger charge is -2.33. The van der Waals surface area contributed by atoms with Crippen molar-refractivity contribution in [3.8, 4) is 23.1 Å². The average Bonchev–Trinajstić information content (AvgIpc) is 3.61. The number of halogens is 1. The van der Waals surface area contributed by atoms with Crippen LogP contribution in [0.25, 0.3) is 11.3 Å². The molecule has 2 aromatic heterocycles. The van der Waals surface area contributed by atoms with E-state index in [1.54, 1.807) is 53.4 Å². The van der Waals surface area contributed by atoms with Crippen LogP contribution < -0.4 is 4.74 Å². The molecule has 0 unspecified atom stereocenters. The first-order valence-electron chi connectivity index (χ1n) is 11.5. The zero-order valence-electron chi connectivity index (χ0n) is 19.4. The third-order valence-electron chi connectivity index (χ3n) is 6.00. The average molecular weight is 487 g/mol. The van der Waals surface area contributed by atoms with E-state index in [9.17, 15) is 9.18 Å². The first-order valence-corrected chi connectivity index (χ1v) is 11.5. The molecule has 9 heteroatoms. The van der Waals surface area contributed by atoms with Crippen molar-refractivity contribution in [2.75, 3.05) is 26.2 Å². The number of carbonyl (C=O) groups excluding carboxylic acids is 1. The van der Waals surface area contributed by atoms with Gasteiger partial charge in [0.25, 0.3) is 5.91 Å². The molecule has 0 atom stereocenters. The lowest BCUT2D eigenvalue weighted by molar-refractivity contribution is 0.0595. The molecular formula is C27H23FN4O4. The number of hydrogen-bond donors (Lipinski definition) is 0. The van der Waals surface area contributed by atoms with Crippen LogP contribution in [0, 0.1) is 17.1 Å². The van der Waals surface area contributed by atoms with Crippen molar-refractivity contribution < 1.29 is 22.9 Å². The second-order valence-electron chi connectivity index (χ2n) is 8.47. The largest absolute Gasteiger partial charge is 0.486 e. The van der Waals surface area contributed by atoms with E-state index in [1.165, 1.54) is 12.3 Å². The summed E-state index contributed by atoms with van der Waals surface area (Å²) in [4.78, 5) is 16.4. The van der Waals surface area contributed by atoms with Crippen molar-refractivity contribution in [2.45, 2.75) is 13.2 Å². The number of furan rings is 1. The van der Waals surface area contributed by atoms with Crippen LogP contribution >= 0.6 is 0 Å². The van der Waals surface area contributed by atoms with Gasteiger partial charge in [-0.15, -0.1) is 0 Å². The highest BCUT2D eigenvalue weighted by Gasteiger charge is 2.24. The number of aromatic nitrogens is 1. The number of nitrogens with zero attached hydrogens (tertiary/aromatic N) is 4. The number of ether oxygens (including phenoxy) is 1. The summed E-state index contributed by atoms with van der Waals surface area (Å²) < 4.78 is 30.9. The van der Waals surface area contributed by atoms with Crippen LogP contribution in [0.2, 0.25) is 0 Å². The minimum absolute atomic E-state index is 0.103. The lowest BCUT2D eigenvalue weighted by atomic mass is 10.1. The van der Waals surface area contributed by atoms with Crippen molar-refractivity contribution in [1.29, 1.82) is 5.26 Å². The molecule has 5 rings (SSSR count). The summed E-state index contributed by atoms with van der Waals surface area (Å²) >= 11 is 0. The first-order chi connectivity index (χ1) is 17.6. The van der Waals surface area contributed by atoms with E-state index >= 15 is 0 Å². The van der Waals surface area contributed by atoms with Crippen molar-refractivity contribution in [3.05, 3.63) is 95.3 Å². The topological polar surface area (TPSA) is 95.7 Å². The summed E-state index contributed by atoms with van der Waals surface area (Å²) in [7, 11) is 0. The third-order valence-corrected chi connectivity index (χ3v) is 6.00. The Labute approximate surface area is 207 Å². The van der Waals surface area contributed by atoms with Crippen LogP contribution in [0.4, 0.5) is 4.39 Å². The maximum Gasteiger partial charge on any atom is 0.289 e. The summed E-state index contributed by atoms with van der Waals surface area (Å²) in [6.07, 6.45) is 1.49. The highest BCUT2D eigenvalue weighted by atomic mass is 19.1. The fraction of sp³-hybridized carbons (Fsp3) is 0.222. The molecule has 182 valence electrons. The number of nitriles is 1. The van der Waals surface area contributed by atoms with Crippen LogP contribution in [-0.4, -0.2) is 47.0 Å². The van der Waals surface area contributed by atoms with Gasteiger partial charge < -0.3 is 18.6 Å². The molecular weight excluding hydrogens is 463 g/mol. The highest BCUT2D eigenvalue weighted by molar-refractivity contribution is 5.91. The maximum absolute atomic E-state index is 14.7. The molecule has 1 fully saturated rings. The Hall–Kier alpha value is -4.42. The van der Waals surface area contributed by atoms with Gasteiger partial charge in [-0.1, -0.05) is 17.3 Å². The molecule has 4 aromatic rings. The fourth-order valence-corrected chi connectivity index (χ4v) is 4.08. The van der Waals surface area contributed by atoms with E-state index in [4.69, 9.17) is 18.9 Å². The van der Waals surface area contributed by atoms with Gasteiger partial charge in [0, 0.05) is 44.4 Å². The van der Waals surface area contributed by atoms with Crippen molar-refractivity contribution in [2.24, 2.45) is 0 Å². The molecule has 1 aliphatic rings. The molecule has 0 saturated carbocycles. The van der Waals surface area contributed by atoms with Crippen LogP contribution in [0.1, 0.15) is 27.4 Å². The van der Waals surface area contributed by atoms with Gasteiger partial charge in [-0.05, 0) is 48.0 Å². The summed E-state index contributed by atoms with van der Waals surface area (Å²) in [5.74, 6) is 0.306. The van der Waals surface area contributed by atoms with Crippen LogP contribution in [-0.2, 0) is 13.2 Å². The van der Waals surface area contributed by atoms with E-state index in [0.717, 1.165) is 11.3 Å². The zero-order valence-corrected chi connectivity index (χ0v) is 19.4. The Morgan fingerprint density at radius 3 is 2.69 bits per heavy atom. The van der Waals surface area contributed by atoms with Crippen LogP contribution in [0.3, 0.4) is 0 Å². The van der Waals surface area contributed by atoms with Crippen LogP contribution in [0.15, 0.2) is 75.9 Å². The minimum atomic E-state index is -0.515. The molecule has 0 bridgehead atoms. The fourth-order valence-electron chi connectivity index (χ4n) is 4.08. The first kappa shape index (κ1) is 23.3. The SMILES string of the molecule is N#Cc1cccc(COc2ccc(-c3cc(CN4CCN(C(=O)c5ccco5)CC4)no3)cc2F)c1. The normalized spacial score (nSPS) is 13.9. The number of rotatable bonds is 7. The number of piperazine rings is 1. The standard InChI is InChI=1S/C27H23FN4O4/c28-23-14-21(6-7-24(23)35-18-20-4-1-3-19(13-20)16-29)26-15-22(30-36-26)17-31-8-10-32(11-9-31)27(33)25-5-2-12-34-25/h1-7,12-15H,8-11,17-18H2. The summed E-state index contributed by atoms with van der Waals surface area (Å²) in [5.41, 5.74) is 2.59. The van der Waals surface area contributed by atoms with Gasteiger partial charge in [0.2, 0.25) is 0 Å². The molecule has 0 radical (unpaired) electrons. The van der Waals surface area contributed by atoms with Crippen LogP contribution in [0.5, 0.6) is 5.75 Å². The Morgan fingerprint density at radius 2 is 1.94 bits per heavy atom. The molecule has 0 spiro atoms. The Kier molecular flexibility index (Phi) is 6.78. The van der Waals surface area contributed by atoms with Gasteiger partial charge in [0.1, 0.15) is 6.61 Å². The summed E-state index contributed by atoms with van der Waals surface area (Å²) in [6, 6.07) is 18.9. The van der Waals surface area contributed by atoms with Gasteiger partial charge in [-0.3, -0.25) is 9.69 Å². The molecule has 1 amide bonds. The third kappa shape index (κ3) is 5.29. The van der Waals surface area contributed by atoms with E-state index in [2.05, 4.69) is 16.1 Å². The lowest BCUT2D eigenvalue weighted by Crippen LogP contribution is -2.48. The molecule has 1 aliphatic heterocycles. The Morgan fingerprint density at radius 1 is 1.08 bits per heavy atom. The Balaban J connectivity index is 1.16. The minimum Gasteiger partial charge on any atom is -0.486 e. The van der Waals surface area contributed by atoms with E-state index in [-0.39, 0.29) is 18.3 Å². The second kappa shape index (κ2) is 10.5. The number of hydrogen-bond acceptors (Lipinski definition) is 7. The quantitative estimate of drug-likeness (QED) is 0.380. The van der Waals surface area contributed by atoms with Gasteiger partial charge in [0.15, 0.2) is 23.1 Å². The molecule has 1 saturated heterocycles. The second-order valence-corrected chi connectivity index (χ2v) is 8.47. The van der Waals surface area contributed by atoms with E-state index < -0.39 is 5.82 Å². The van der Waals surface area contributed by atoms with Crippen molar-refractivity contribution >= 4 is 5.91 Å². The smallest absolute Gasteiger partial charge is 0.289 e. The predicted octanol–water partition coefficient (Wildman–Crippen LogP) is 4.48. The van der Waals surface area contributed by atoms with Gasteiger partial charge in [-0.2, -0.15) is 5.26 Å². The van der Waals surface area contributed by atoms with E-state index in [1.807, 2.05) is 6.07 Å². The zero-order chi connectivity index (χ0) is 24.9. The molecule has 8 nitrogen and oxygen atoms in total. The summed E-state index contributed by atoms with van der Waals surface area (Å²) in [6.45, 7) is 3.31. The van der Waals surface area contributed by atoms with Gasteiger partial charge >= 0.3 is 0 Å². The molecule has 2 aromatic carbocycles. The summed E-state index contributed by atoms with van der Waals surface area (Å²) in [5, 5.41) is 13.1. The number of benzene rings is 2. The predicted molar refractivity (Wildman–Crippen MR) is 127 cm³/mol. The molecule has 3 heterocycles. The molecule has 36 heavy (non-hydrogen) atoms. The van der Waals surface area contributed by atoms with Crippen molar-refractivity contribution in [3.63, 3.8) is 0 Å². The maximum atomic E-state index is 14.7. The van der Waals surface area contributed by atoms with Crippen molar-refractivity contribution in [1.82, 2.24) is 15.0 Å². The highest BCUT2D eigenvalue weighted by Crippen LogP contribution is 2.27. The van der Waals surface area contributed by atoms with Gasteiger partial charge in [-0.25, -0.2) is 4.39 Å². The monoisotopic (exact) mass is 486 g/mol. The van der Waals surface area contributed by atoms with E-state index in [0.29, 0.717) is 55.4 Å². The molecule has 0 aliphatic carbocycles. The Bertz CT molecular complexity index is 1390. The molecule has 0 N–H and O–H groups in total. The van der Waals surface area contributed by atoms with Gasteiger partial charge in [0.05, 0.1) is 23.6 Å². The number of carbonyl (C=O) groups is 1. The number of amides is 1.